The van der Waals surface area contributed by atoms with Crippen molar-refractivity contribution >= 4 is 17.6 Å². The molecule has 17 aliphatic heterocycles. The number of carbonyl (C=O) groups excluding carboxylic acids is 1. The van der Waals surface area contributed by atoms with E-state index in [0.29, 0.717) is 70.6 Å². The molecule has 0 aromatic rings. The predicted octanol–water partition coefficient (Wildman–Crippen LogP) is 6.58. The van der Waals surface area contributed by atoms with Crippen LogP contribution in [0.5, 0.6) is 0 Å². The summed E-state index contributed by atoms with van der Waals surface area (Å²) >= 11 is 6.02. The molecule has 0 amide bonds. The number of hydrogen-bond donors (Lipinski definition) is 1. The average molecular weight is 1140 g/mol. The van der Waals surface area contributed by atoms with E-state index < -0.39 is 47.9 Å². The van der Waals surface area contributed by atoms with E-state index in [1.807, 2.05) is 0 Å². The van der Waals surface area contributed by atoms with E-state index in [9.17, 15) is 9.90 Å². The number of rotatable bonds is 2. The maximum Gasteiger partial charge on any atom is 0.308 e. The minimum Gasteiger partial charge on any atom is -0.459 e. The lowest BCUT2D eigenvalue weighted by atomic mass is 9.78. The maximum atomic E-state index is 14.6. The maximum absolute atomic E-state index is 14.6. The fourth-order valence-corrected chi connectivity index (χ4v) is 19.0. The fraction of sp³-hybridized carbons (Fsp3) is 0.918. The summed E-state index contributed by atoms with van der Waals surface area (Å²) in [4.78, 5) is 14.6. The SMILES string of the molecule is C=C1C[C@@H]2CC[C@@]34C[C@H]5O[C@H]6[C@@H](O3)[C@H]3O[C@H](CC[C@@H]3O[C@H]6[C@H]5O4)CC(=O)O[C@@H]3[C@@H](C)[C@@H]4O[C@@H]5C[C@]6(C[C@@H]7O[C@]8(C[C@H](C)[C@@H]9O[C@@H]%10CC(C(O)CCl)O[C@@H]%10C[C@@H]9O8)C[C@H](C)[C@@H]7O6)O[C@@H]5C[C@@H]4O[C@H]3C[C@H]3O[C@@H](CC[C@@H]1O2)C[C@@H](C)C3=C. The van der Waals surface area contributed by atoms with Gasteiger partial charge in [0.2, 0.25) is 0 Å². The smallest absolute Gasteiger partial charge is 0.308 e. The molecule has 3 spiro atoms. The largest absolute Gasteiger partial charge is 0.459 e. The Hall–Kier alpha value is -1.40. The summed E-state index contributed by atoms with van der Waals surface area (Å²) in [5.74, 6) is -2.40. The van der Waals surface area contributed by atoms with Crippen molar-refractivity contribution in [1.82, 2.24) is 0 Å². The topological polar surface area (TPSA) is 185 Å². The van der Waals surface area contributed by atoms with Crippen LogP contribution in [-0.4, -0.2) is 193 Å². The molecule has 2 unspecified atom stereocenters. The molecule has 444 valence electrons. The van der Waals surface area contributed by atoms with Crippen molar-refractivity contribution in [2.75, 3.05) is 5.88 Å². The molecule has 1 N–H and O–H groups in total. The number of fused-ring (bicyclic) bond motifs is 11. The highest BCUT2D eigenvalue weighted by atomic mass is 35.5. The summed E-state index contributed by atoms with van der Waals surface area (Å²) in [5.41, 5.74) is 2.17. The highest BCUT2D eigenvalue weighted by molar-refractivity contribution is 6.18. The summed E-state index contributed by atoms with van der Waals surface area (Å²) < 4.78 is 111. The number of carbonyl (C=O) groups is 1. The van der Waals surface area contributed by atoms with Crippen LogP contribution in [0.15, 0.2) is 24.3 Å². The fourth-order valence-electron chi connectivity index (χ4n) is 18.8. The Balaban J connectivity index is 0.628. The van der Waals surface area contributed by atoms with E-state index in [0.717, 1.165) is 49.7 Å². The van der Waals surface area contributed by atoms with Gasteiger partial charge in [0.15, 0.2) is 17.4 Å². The molecule has 17 fully saturated rings. The Bertz CT molecular complexity index is 2420. The van der Waals surface area contributed by atoms with Crippen LogP contribution in [0.25, 0.3) is 0 Å². The van der Waals surface area contributed by atoms with Crippen molar-refractivity contribution in [1.29, 1.82) is 0 Å². The molecule has 0 aliphatic carbocycles. The van der Waals surface area contributed by atoms with Crippen molar-refractivity contribution < 1.29 is 85.7 Å². The van der Waals surface area contributed by atoms with Gasteiger partial charge >= 0.3 is 5.97 Å². The molecule has 18 nitrogen and oxygen atoms in total. The molecule has 0 aromatic carbocycles. The molecule has 17 aliphatic rings. The zero-order valence-electron chi connectivity index (χ0n) is 46.9. The van der Waals surface area contributed by atoms with E-state index >= 15 is 0 Å². The zero-order chi connectivity index (χ0) is 54.3. The molecular formula is C61H85ClO18. The van der Waals surface area contributed by atoms with Gasteiger partial charge in [0, 0.05) is 70.1 Å². The lowest BCUT2D eigenvalue weighted by Gasteiger charge is -2.54. The first kappa shape index (κ1) is 54.0. The first-order chi connectivity index (χ1) is 38.6. The Kier molecular flexibility index (Phi) is 13.6. The van der Waals surface area contributed by atoms with E-state index in [1.165, 1.54) is 0 Å². The first-order valence-corrected chi connectivity index (χ1v) is 31.9. The van der Waals surface area contributed by atoms with Gasteiger partial charge in [-0.15, -0.1) is 11.6 Å². The van der Waals surface area contributed by atoms with Crippen LogP contribution in [0, 0.1) is 23.7 Å². The summed E-state index contributed by atoms with van der Waals surface area (Å²) in [6, 6.07) is 0. The Morgan fingerprint density at radius 2 is 1.14 bits per heavy atom. The van der Waals surface area contributed by atoms with Crippen LogP contribution >= 0.6 is 11.6 Å². The Morgan fingerprint density at radius 3 is 2.00 bits per heavy atom. The van der Waals surface area contributed by atoms with Crippen molar-refractivity contribution in [2.24, 2.45) is 23.7 Å². The minimum atomic E-state index is -0.898. The number of aliphatic hydroxyl groups excluding tert-OH is 1. The van der Waals surface area contributed by atoms with Crippen LogP contribution in [0.3, 0.4) is 0 Å². The Labute approximate surface area is 474 Å². The van der Waals surface area contributed by atoms with Crippen LogP contribution in [-0.2, 0) is 80.6 Å². The molecule has 19 heteroatoms. The standard InChI is InChI=1S/C61H85ClO18/c1-26-13-32-7-9-36-27(2)14-34(65-36)11-12-59-23-47-55(79-59)56-57(73-47)58(80-59)54-37(70-56)10-8-33(67-54)15-49(64)74-53-31(6)52-44(69-43(53)16-38(66-32)30(26)5)19-42-46(72-52)22-61(75-42)24-48-51(78-61)29(4)21-60(77-48)20-28(3)50-45(76-60)18-40-41(71-50)17-39(68-40)35(63)25-62/h26,28-29,31-48,50-58,63H,2,5,7-25H2,1,3-4,6H3/t26-,28+,29+,31+,32+,33-,34+,35?,36+,37+,38-,39?,40-,41-,42-,43+,44+,45+,46-,47-,48+,50+,51+,52+,53-,54+,55+,56+,57-,58+,59+,60-,61+/m1/s1. The third-order valence-corrected chi connectivity index (χ3v) is 22.9. The number of alkyl halides is 1. The number of ether oxygens (including phenoxy) is 16. The second-order valence-electron chi connectivity index (χ2n) is 28.1. The molecule has 0 aromatic heterocycles. The van der Waals surface area contributed by atoms with Crippen molar-refractivity contribution in [3.63, 3.8) is 0 Å². The zero-order valence-corrected chi connectivity index (χ0v) is 47.7. The van der Waals surface area contributed by atoms with Crippen molar-refractivity contribution in [3.8, 4) is 0 Å². The van der Waals surface area contributed by atoms with Crippen LogP contribution in [0.2, 0.25) is 0 Å². The van der Waals surface area contributed by atoms with Gasteiger partial charge in [-0.1, -0.05) is 40.9 Å². The first-order valence-electron chi connectivity index (χ1n) is 31.3. The number of halogens is 1. The average Bonchev–Trinajstić information content (AvgIpc) is 3.61. The highest BCUT2D eigenvalue weighted by Crippen LogP contribution is 2.58. The number of hydrogen-bond acceptors (Lipinski definition) is 18. The van der Waals surface area contributed by atoms with E-state index in [4.69, 9.17) is 87.4 Å². The number of esters is 1. The second kappa shape index (κ2) is 20.1. The van der Waals surface area contributed by atoms with Gasteiger partial charge in [0.1, 0.15) is 36.6 Å². The van der Waals surface area contributed by atoms with Crippen LogP contribution in [0.1, 0.15) is 143 Å². The van der Waals surface area contributed by atoms with Gasteiger partial charge in [-0.05, 0) is 73.8 Å². The van der Waals surface area contributed by atoms with Gasteiger partial charge < -0.3 is 80.9 Å². The van der Waals surface area contributed by atoms with Gasteiger partial charge in [0.25, 0.3) is 0 Å². The monoisotopic (exact) mass is 1140 g/mol. The molecule has 0 radical (unpaired) electrons. The van der Waals surface area contributed by atoms with Gasteiger partial charge in [-0.3, -0.25) is 4.79 Å². The third kappa shape index (κ3) is 9.08. The van der Waals surface area contributed by atoms with Gasteiger partial charge in [-0.2, -0.15) is 0 Å². The van der Waals surface area contributed by atoms with E-state index in [1.54, 1.807) is 0 Å². The number of aliphatic hydroxyl groups is 1. The summed E-state index contributed by atoms with van der Waals surface area (Å²) in [6.45, 7) is 18.0. The molecule has 17 saturated heterocycles. The minimum absolute atomic E-state index is 0.0108. The normalized spacial score (nSPS) is 58.9. The molecule has 80 heavy (non-hydrogen) atoms. The summed E-state index contributed by atoms with van der Waals surface area (Å²) in [5, 5.41) is 10.5. The lowest BCUT2D eigenvalue weighted by molar-refractivity contribution is -0.369. The molecule has 17 rings (SSSR count). The molecule has 12 bridgehead atoms. The van der Waals surface area contributed by atoms with E-state index in [2.05, 4.69) is 40.9 Å². The van der Waals surface area contributed by atoms with Crippen LogP contribution in [0.4, 0.5) is 0 Å². The van der Waals surface area contributed by atoms with Crippen molar-refractivity contribution in [3.05, 3.63) is 24.3 Å². The van der Waals surface area contributed by atoms with E-state index in [-0.39, 0.29) is 170 Å². The second-order valence-corrected chi connectivity index (χ2v) is 28.4. The molecule has 33 atom stereocenters. The van der Waals surface area contributed by atoms with Crippen LogP contribution < -0.4 is 0 Å². The highest BCUT2D eigenvalue weighted by Gasteiger charge is 2.70. The Morgan fingerprint density at radius 1 is 0.487 bits per heavy atom. The summed E-state index contributed by atoms with van der Waals surface area (Å²) in [6.07, 6.45) is 4.82. The lowest BCUT2D eigenvalue weighted by Crippen LogP contribution is -2.62. The molecule has 0 saturated carbocycles. The third-order valence-electron chi connectivity index (χ3n) is 22.6. The van der Waals surface area contributed by atoms with Gasteiger partial charge in [-0.25, -0.2) is 0 Å². The molecular weight excluding hydrogens is 1060 g/mol. The quantitative estimate of drug-likeness (QED) is 0.178. The predicted molar refractivity (Wildman–Crippen MR) is 280 cm³/mol. The summed E-state index contributed by atoms with van der Waals surface area (Å²) in [7, 11) is 0. The molecule has 17 heterocycles. The van der Waals surface area contributed by atoms with Gasteiger partial charge in [0.05, 0.1) is 134 Å². The van der Waals surface area contributed by atoms with Crippen molar-refractivity contribution in [2.45, 2.75) is 319 Å².